The summed E-state index contributed by atoms with van der Waals surface area (Å²) in [5.41, 5.74) is 1.64. The van der Waals surface area contributed by atoms with E-state index >= 15 is 0 Å². The Kier molecular flexibility index (Phi) is 6.05. The maximum absolute atomic E-state index is 11.6. The van der Waals surface area contributed by atoms with Crippen LogP contribution in [0, 0.1) is 11.8 Å². The third-order valence-corrected chi connectivity index (χ3v) is 4.67. The lowest BCUT2D eigenvalue weighted by atomic mass is 10.2. The number of aliphatic hydroxyl groups is 1. The molecule has 0 aliphatic rings. The quantitative estimate of drug-likeness (QED) is 0.504. The van der Waals surface area contributed by atoms with Crippen molar-refractivity contribution in [1.29, 1.82) is 0 Å². The van der Waals surface area contributed by atoms with Crippen molar-refractivity contribution in [1.82, 2.24) is 9.97 Å². The van der Waals surface area contributed by atoms with Crippen molar-refractivity contribution in [3.63, 3.8) is 0 Å². The van der Waals surface area contributed by atoms with Gasteiger partial charge in [0.25, 0.3) is 5.56 Å². The van der Waals surface area contributed by atoms with E-state index < -0.39 is 0 Å². The van der Waals surface area contributed by atoms with E-state index in [0.717, 1.165) is 29.0 Å². The smallest absolute Gasteiger partial charge is 0.251 e. The van der Waals surface area contributed by atoms with Crippen LogP contribution in [0.3, 0.4) is 0 Å². The Morgan fingerprint density at radius 3 is 3.14 bits per heavy atom. The molecule has 0 amide bonds. The van der Waals surface area contributed by atoms with Crippen molar-refractivity contribution in [3.8, 4) is 11.8 Å². The number of aliphatic hydroxyl groups excluding tert-OH is 1. The van der Waals surface area contributed by atoms with Crippen LogP contribution < -0.4 is 5.56 Å². The van der Waals surface area contributed by atoms with Crippen LogP contribution >= 0.6 is 23.1 Å². The zero-order chi connectivity index (χ0) is 15.1. The van der Waals surface area contributed by atoms with Crippen LogP contribution in [0.25, 0.3) is 0 Å². The minimum atomic E-state index is -0.142. The molecule has 110 valence electrons. The van der Waals surface area contributed by atoms with Gasteiger partial charge in [-0.15, -0.1) is 11.3 Å². The first-order chi connectivity index (χ1) is 10.2. The highest BCUT2D eigenvalue weighted by atomic mass is 32.2. The van der Waals surface area contributed by atoms with Crippen LogP contribution in [-0.4, -0.2) is 21.7 Å². The first-order valence-corrected chi connectivity index (χ1v) is 8.48. The van der Waals surface area contributed by atoms with Crippen molar-refractivity contribution in [2.45, 2.75) is 30.7 Å². The van der Waals surface area contributed by atoms with Crippen LogP contribution in [-0.2, 0) is 12.2 Å². The van der Waals surface area contributed by atoms with Gasteiger partial charge in [0.05, 0.1) is 0 Å². The summed E-state index contributed by atoms with van der Waals surface area (Å²) in [4.78, 5) is 19.9. The van der Waals surface area contributed by atoms with Gasteiger partial charge in [0.2, 0.25) is 0 Å². The number of nitrogens with zero attached hydrogens (tertiary/aromatic N) is 1. The zero-order valence-electron chi connectivity index (χ0n) is 11.7. The molecule has 0 aliphatic carbocycles. The number of aromatic nitrogens is 2. The number of H-pyrrole nitrogens is 1. The summed E-state index contributed by atoms with van der Waals surface area (Å²) in [6.45, 7) is 1.92. The first-order valence-electron chi connectivity index (χ1n) is 6.62. The summed E-state index contributed by atoms with van der Waals surface area (Å²) < 4.78 is 0. The van der Waals surface area contributed by atoms with Crippen LogP contribution in [0.15, 0.2) is 27.5 Å². The van der Waals surface area contributed by atoms with Gasteiger partial charge in [-0.05, 0) is 17.9 Å². The van der Waals surface area contributed by atoms with Crippen molar-refractivity contribution in [2.75, 3.05) is 6.61 Å². The van der Waals surface area contributed by atoms with Gasteiger partial charge in [0, 0.05) is 28.0 Å². The van der Waals surface area contributed by atoms with E-state index in [1.807, 2.05) is 11.4 Å². The fraction of sp³-hybridized carbons (Fsp3) is 0.333. The highest BCUT2D eigenvalue weighted by Crippen LogP contribution is 2.25. The lowest BCUT2D eigenvalue weighted by molar-refractivity contribution is 0.350. The molecule has 2 heterocycles. The summed E-state index contributed by atoms with van der Waals surface area (Å²) in [7, 11) is 0. The van der Waals surface area contributed by atoms with Crippen LogP contribution in [0.2, 0.25) is 0 Å². The molecule has 0 fully saturated rings. The summed E-state index contributed by atoms with van der Waals surface area (Å²) in [5, 5.41) is 11.4. The summed E-state index contributed by atoms with van der Waals surface area (Å²) in [6, 6.07) is 3.49. The number of hydrogen-bond donors (Lipinski definition) is 2. The second kappa shape index (κ2) is 8.03. The number of hydrogen-bond acceptors (Lipinski definition) is 5. The van der Waals surface area contributed by atoms with Crippen LogP contribution in [0.4, 0.5) is 0 Å². The predicted molar refractivity (Wildman–Crippen MR) is 86.7 cm³/mol. The van der Waals surface area contributed by atoms with Gasteiger partial charge in [-0.3, -0.25) is 4.79 Å². The molecule has 2 rings (SSSR count). The van der Waals surface area contributed by atoms with Crippen LogP contribution in [0.5, 0.6) is 0 Å². The molecule has 2 N–H and O–H groups in total. The van der Waals surface area contributed by atoms with Crippen LogP contribution in [0.1, 0.15) is 29.5 Å². The van der Waals surface area contributed by atoms with Crippen molar-refractivity contribution in [2.24, 2.45) is 0 Å². The Hall–Kier alpha value is -1.55. The molecule has 0 saturated heterocycles. The van der Waals surface area contributed by atoms with Crippen molar-refractivity contribution >= 4 is 23.1 Å². The second-order valence-electron chi connectivity index (χ2n) is 4.30. The van der Waals surface area contributed by atoms with E-state index in [9.17, 15) is 4.79 Å². The highest BCUT2D eigenvalue weighted by Gasteiger charge is 2.06. The molecule has 2 aromatic heterocycles. The average Bonchev–Trinajstić information content (AvgIpc) is 2.90. The zero-order valence-corrected chi connectivity index (χ0v) is 13.3. The monoisotopic (exact) mass is 320 g/mol. The number of nitrogens with one attached hydrogen (secondary N) is 1. The molecular formula is C15H16N2O2S2. The average molecular weight is 320 g/mol. The topological polar surface area (TPSA) is 66.0 Å². The van der Waals surface area contributed by atoms with E-state index in [4.69, 9.17) is 5.11 Å². The Balaban J connectivity index is 2.09. The van der Waals surface area contributed by atoms with Gasteiger partial charge >= 0.3 is 0 Å². The second-order valence-corrected chi connectivity index (χ2v) is 6.26. The van der Waals surface area contributed by atoms with Crippen molar-refractivity contribution < 1.29 is 5.11 Å². The highest BCUT2D eigenvalue weighted by molar-refractivity contribution is 7.98. The molecular weight excluding hydrogens is 304 g/mol. The number of aryl methyl sites for hydroxylation is 1. The fourth-order valence-electron chi connectivity index (χ4n) is 1.77. The molecule has 0 aromatic carbocycles. The summed E-state index contributed by atoms with van der Waals surface area (Å²) in [6.07, 6.45) is 1.77. The molecule has 0 unspecified atom stereocenters. The summed E-state index contributed by atoms with van der Waals surface area (Å²) in [5.74, 6) is 6.28. The number of rotatable bonds is 5. The SMILES string of the molecule is CCCc1cc(=O)[nH]c(SCc2sccc2C#CCO)n1. The van der Waals surface area contributed by atoms with Gasteiger partial charge in [-0.2, -0.15) is 0 Å². The normalized spacial score (nSPS) is 10.2. The molecule has 6 heteroatoms. The molecule has 0 radical (unpaired) electrons. The lowest BCUT2D eigenvalue weighted by Gasteiger charge is -2.03. The van der Waals surface area contributed by atoms with E-state index in [2.05, 4.69) is 28.7 Å². The molecule has 0 aliphatic heterocycles. The molecule has 0 atom stereocenters. The first kappa shape index (κ1) is 15.8. The predicted octanol–water partition coefficient (Wildman–Crippen LogP) is 2.42. The Labute approximate surface area is 131 Å². The molecule has 0 spiro atoms. The number of thioether (sulfide) groups is 1. The number of aromatic amines is 1. The number of thiophene rings is 1. The van der Waals surface area contributed by atoms with Gasteiger partial charge in [-0.25, -0.2) is 4.98 Å². The van der Waals surface area contributed by atoms with E-state index in [1.165, 1.54) is 11.8 Å². The van der Waals surface area contributed by atoms with Gasteiger partial charge in [0.1, 0.15) is 6.61 Å². The largest absolute Gasteiger partial charge is 0.384 e. The maximum Gasteiger partial charge on any atom is 0.251 e. The van der Waals surface area contributed by atoms with E-state index in [0.29, 0.717) is 10.9 Å². The van der Waals surface area contributed by atoms with Gasteiger partial charge in [0.15, 0.2) is 5.16 Å². The Bertz CT molecular complexity index is 710. The molecule has 2 aromatic rings. The van der Waals surface area contributed by atoms with E-state index in [-0.39, 0.29) is 12.2 Å². The molecule has 0 saturated carbocycles. The van der Waals surface area contributed by atoms with Gasteiger partial charge in [-0.1, -0.05) is 36.9 Å². The molecule has 21 heavy (non-hydrogen) atoms. The maximum atomic E-state index is 11.6. The molecule has 4 nitrogen and oxygen atoms in total. The standard InChI is InChI=1S/C15H16N2O2S2/c1-2-4-12-9-14(19)17-15(16-12)21-10-13-11(5-3-7-18)6-8-20-13/h6,8-9,18H,2,4,7,10H2,1H3,(H,16,17,19). The Morgan fingerprint density at radius 1 is 1.52 bits per heavy atom. The van der Waals surface area contributed by atoms with Crippen molar-refractivity contribution in [3.05, 3.63) is 44.0 Å². The minimum Gasteiger partial charge on any atom is -0.384 e. The fourth-order valence-corrected chi connectivity index (χ4v) is 3.61. The minimum absolute atomic E-state index is 0.109. The van der Waals surface area contributed by atoms with E-state index in [1.54, 1.807) is 17.4 Å². The van der Waals surface area contributed by atoms with Gasteiger partial charge < -0.3 is 10.1 Å². The molecule has 0 bridgehead atoms. The Morgan fingerprint density at radius 2 is 2.38 bits per heavy atom. The summed E-state index contributed by atoms with van der Waals surface area (Å²) >= 11 is 3.11. The third kappa shape index (κ3) is 4.74. The lowest BCUT2D eigenvalue weighted by Crippen LogP contribution is -2.09. The third-order valence-electron chi connectivity index (χ3n) is 2.67.